The van der Waals surface area contributed by atoms with E-state index in [9.17, 15) is 8.42 Å². The van der Waals surface area contributed by atoms with Crippen LogP contribution in [-0.2, 0) is 14.8 Å². The molecule has 0 bridgehead atoms. The van der Waals surface area contributed by atoms with E-state index >= 15 is 0 Å². The maximum absolute atomic E-state index is 13.0. The molecule has 0 radical (unpaired) electrons. The Balaban J connectivity index is 1.90. The monoisotopic (exact) mass is 399 g/mol. The van der Waals surface area contributed by atoms with Crippen LogP contribution >= 0.6 is 23.2 Å². The molecule has 1 atom stereocenters. The molecular weight excluding hydrogens is 381 g/mol. The molecule has 1 heterocycles. The third-order valence-electron chi connectivity index (χ3n) is 4.31. The summed E-state index contributed by atoms with van der Waals surface area (Å²) < 4.78 is 33.3. The second-order valence-electron chi connectivity index (χ2n) is 6.16. The minimum Gasteiger partial charge on any atom is -0.371 e. The lowest BCUT2D eigenvalue weighted by Gasteiger charge is -2.32. The molecule has 1 fully saturated rings. The van der Waals surface area contributed by atoms with Gasteiger partial charge in [0.1, 0.15) is 4.90 Å². The number of morpholine rings is 1. The molecule has 134 valence electrons. The summed E-state index contributed by atoms with van der Waals surface area (Å²) >= 11 is 12.2. The molecule has 1 aliphatic rings. The molecule has 3 rings (SSSR count). The summed E-state index contributed by atoms with van der Waals surface area (Å²) in [7, 11) is -3.72. The minimum absolute atomic E-state index is 0.0839. The first-order valence-corrected chi connectivity index (χ1v) is 10.1. The van der Waals surface area contributed by atoms with Crippen LogP contribution in [0.4, 0.5) is 0 Å². The van der Waals surface area contributed by atoms with Crippen LogP contribution in [0.1, 0.15) is 22.8 Å². The molecule has 1 aliphatic heterocycles. The third-order valence-corrected chi connectivity index (χ3v) is 7.05. The second kappa shape index (κ2) is 7.25. The highest BCUT2D eigenvalue weighted by molar-refractivity contribution is 7.89. The van der Waals surface area contributed by atoms with E-state index in [1.54, 1.807) is 6.92 Å². The molecule has 1 unspecified atom stereocenters. The minimum atomic E-state index is -3.72. The third kappa shape index (κ3) is 3.86. The summed E-state index contributed by atoms with van der Waals surface area (Å²) in [5.74, 6) is 0. The van der Waals surface area contributed by atoms with Gasteiger partial charge in [-0.25, -0.2) is 8.42 Å². The van der Waals surface area contributed by atoms with E-state index < -0.39 is 10.0 Å². The van der Waals surface area contributed by atoms with Crippen molar-refractivity contribution in [3.63, 3.8) is 0 Å². The van der Waals surface area contributed by atoms with E-state index in [0.717, 1.165) is 11.1 Å². The number of halogens is 2. The zero-order chi connectivity index (χ0) is 18.2. The Labute approximate surface area is 158 Å². The van der Waals surface area contributed by atoms with Crippen LogP contribution in [0.2, 0.25) is 10.0 Å². The van der Waals surface area contributed by atoms with Gasteiger partial charge in [0.2, 0.25) is 10.0 Å². The first-order chi connectivity index (χ1) is 11.8. The molecule has 4 nitrogen and oxygen atoms in total. The summed E-state index contributed by atoms with van der Waals surface area (Å²) in [6, 6.07) is 10.9. The Morgan fingerprint density at radius 2 is 1.76 bits per heavy atom. The Morgan fingerprint density at radius 1 is 1.08 bits per heavy atom. The number of sulfonamides is 1. The average Bonchev–Trinajstić information content (AvgIpc) is 2.59. The molecule has 0 aliphatic carbocycles. The standard InChI is InChI=1S/C18H19Cl2NO3S/c1-12-3-5-14(6-4-12)17-11-21(7-8-24-17)25(22,23)18-9-13(2)15(19)10-16(18)20/h3-6,9-10,17H,7-8,11H2,1-2H3. The maximum Gasteiger partial charge on any atom is 0.244 e. The van der Waals surface area contributed by atoms with Crippen molar-refractivity contribution < 1.29 is 13.2 Å². The fourth-order valence-corrected chi connectivity index (χ4v) is 5.03. The topological polar surface area (TPSA) is 46.6 Å². The average molecular weight is 400 g/mol. The van der Waals surface area contributed by atoms with Gasteiger partial charge in [-0.2, -0.15) is 4.31 Å². The fourth-order valence-electron chi connectivity index (χ4n) is 2.79. The van der Waals surface area contributed by atoms with Crippen LogP contribution < -0.4 is 0 Å². The number of hydrogen-bond donors (Lipinski definition) is 0. The molecular formula is C18H19Cl2NO3S. The van der Waals surface area contributed by atoms with Gasteiger partial charge in [0, 0.05) is 18.1 Å². The fraction of sp³-hybridized carbons (Fsp3) is 0.333. The molecule has 0 spiro atoms. The van der Waals surface area contributed by atoms with E-state index in [4.69, 9.17) is 27.9 Å². The van der Waals surface area contributed by atoms with E-state index in [-0.39, 0.29) is 22.6 Å². The van der Waals surface area contributed by atoms with Crippen molar-refractivity contribution in [2.45, 2.75) is 24.8 Å². The molecule has 2 aromatic carbocycles. The lowest BCUT2D eigenvalue weighted by atomic mass is 10.1. The van der Waals surface area contributed by atoms with Crippen LogP contribution in [0, 0.1) is 13.8 Å². The van der Waals surface area contributed by atoms with Gasteiger partial charge in [0.15, 0.2) is 0 Å². The van der Waals surface area contributed by atoms with E-state index in [0.29, 0.717) is 23.7 Å². The van der Waals surface area contributed by atoms with Gasteiger partial charge in [0.25, 0.3) is 0 Å². The smallest absolute Gasteiger partial charge is 0.244 e. The van der Waals surface area contributed by atoms with Gasteiger partial charge in [-0.05, 0) is 37.1 Å². The first kappa shape index (κ1) is 18.7. The van der Waals surface area contributed by atoms with Gasteiger partial charge in [0.05, 0.1) is 17.7 Å². The Bertz CT molecular complexity index is 882. The number of benzene rings is 2. The van der Waals surface area contributed by atoms with Crippen LogP contribution in [0.5, 0.6) is 0 Å². The zero-order valence-electron chi connectivity index (χ0n) is 14.0. The SMILES string of the molecule is Cc1ccc(C2CN(S(=O)(=O)c3cc(C)c(Cl)cc3Cl)CCO2)cc1. The van der Waals surface area contributed by atoms with Crippen molar-refractivity contribution in [2.75, 3.05) is 19.7 Å². The van der Waals surface area contributed by atoms with Crippen molar-refractivity contribution in [3.8, 4) is 0 Å². The number of hydrogen-bond acceptors (Lipinski definition) is 3. The summed E-state index contributed by atoms with van der Waals surface area (Å²) in [5, 5.41) is 0.581. The number of rotatable bonds is 3. The predicted octanol–water partition coefficient (Wildman–Crippen LogP) is 4.37. The molecule has 7 heteroatoms. The Kier molecular flexibility index (Phi) is 5.42. The second-order valence-corrected chi connectivity index (χ2v) is 8.89. The Hall–Kier alpha value is -1.11. The van der Waals surface area contributed by atoms with Crippen molar-refractivity contribution in [3.05, 3.63) is 63.1 Å². The summed E-state index contributed by atoms with van der Waals surface area (Å²) in [5.41, 5.74) is 2.78. The van der Waals surface area contributed by atoms with Crippen LogP contribution in [0.3, 0.4) is 0 Å². The predicted molar refractivity (Wildman–Crippen MR) is 99.8 cm³/mol. The first-order valence-electron chi connectivity index (χ1n) is 7.93. The van der Waals surface area contributed by atoms with E-state index in [2.05, 4.69) is 0 Å². The van der Waals surface area contributed by atoms with Crippen molar-refractivity contribution in [2.24, 2.45) is 0 Å². The normalized spacial score (nSPS) is 19.1. The molecule has 1 saturated heterocycles. The van der Waals surface area contributed by atoms with E-state index in [1.165, 1.54) is 16.4 Å². The van der Waals surface area contributed by atoms with Crippen molar-refractivity contribution in [1.82, 2.24) is 4.31 Å². The van der Waals surface area contributed by atoms with Crippen molar-refractivity contribution >= 4 is 33.2 Å². The number of aryl methyl sites for hydroxylation is 2. The van der Waals surface area contributed by atoms with Gasteiger partial charge in [-0.1, -0.05) is 53.0 Å². The highest BCUT2D eigenvalue weighted by Crippen LogP contribution is 2.32. The molecule has 2 aromatic rings. The molecule has 0 N–H and O–H groups in total. The Morgan fingerprint density at radius 3 is 2.44 bits per heavy atom. The maximum atomic E-state index is 13.0. The summed E-state index contributed by atoms with van der Waals surface area (Å²) in [6.07, 6.45) is -0.295. The number of ether oxygens (including phenoxy) is 1. The molecule has 0 aromatic heterocycles. The lowest BCUT2D eigenvalue weighted by Crippen LogP contribution is -2.42. The van der Waals surface area contributed by atoms with Gasteiger partial charge < -0.3 is 4.74 Å². The quantitative estimate of drug-likeness (QED) is 0.769. The lowest BCUT2D eigenvalue weighted by molar-refractivity contribution is -0.00255. The van der Waals surface area contributed by atoms with Crippen LogP contribution in [0.25, 0.3) is 0 Å². The molecule has 0 amide bonds. The van der Waals surface area contributed by atoms with E-state index in [1.807, 2.05) is 31.2 Å². The molecule has 25 heavy (non-hydrogen) atoms. The van der Waals surface area contributed by atoms with Gasteiger partial charge >= 0.3 is 0 Å². The van der Waals surface area contributed by atoms with Crippen LogP contribution in [0.15, 0.2) is 41.3 Å². The number of nitrogens with zero attached hydrogens (tertiary/aromatic N) is 1. The van der Waals surface area contributed by atoms with Gasteiger partial charge in [-0.15, -0.1) is 0 Å². The largest absolute Gasteiger partial charge is 0.371 e. The van der Waals surface area contributed by atoms with Crippen molar-refractivity contribution in [1.29, 1.82) is 0 Å². The summed E-state index contributed by atoms with van der Waals surface area (Å²) in [4.78, 5) is 0.0839. The highest BCUT2D eigenvalue weighted by Gasteiger charge is 2.33. The van der Waals surface area contributed by atoms with Gasteiger partial charge in [-0.3, -0.25) is 0 Å². The summed E-state index contributed by atoms with van der Waals surface area (Å²) in [6.45, 7) is 4.65. The van der Waals surface area contributed by atoms with Crippen LogP contribution in [-0.4, -0.2) is 32.4 Å². The molecule has 0 saturated carbocycles. The highest BCUT2D eigenvalue weighted by atomic mass is 35.5. The zero-order valence-corrected chi connectivity index (χ0v) is 16.3.